The Labute approximate surface area is 217 Å². The van der Waals surface area contributed by atoms with Crippen LogP contribution in [0.15, 0.2) is 18.3 Å². The Morgan fingerprint density at radius 2 is 1.92 bits per heavy atom. The van der Waals surface area contributed by atoms with Crippen LogP contribution in [0.5, 0.6) is 0 Å². The Balaban J connectivity index is 1.51. The molecule has 2 aromatic heterocycles. The number of rotatable bonds is 6. The van der Waals surface area contributed by atoms with Gasteiger partial charge in [-0.2, -0.15) is 4.98 Å². The number of nitrogens with two attached hydrogens (primary N) is 1. The lowest BCUT2D eigenvalue weighted by Crippen LogP contribution is -2.30. The number of halogens is 3. The van der Waals surface area contributed by atoms with Gasteiger partial charge in [0, 0.05) is 23.0 Å². The minimum atomic E-state index is -0.604. The summed E-state index contributed by atoms with van der Waals surface area (Å²) in [6.45, 7) is 0. The SMILES string of the molecule is NC(=O)C1CCC(n2c(Nc3c(F)cc(Cl)cc3Cl)nc3cnc(N[C@H]4CCC[C@@H](O)C4)nc32)CC1. The van der Waals surface area contributed by atoms with Crippen molar-refractivity contribution in [3.63, 3.8) is 0 Å². The number of carbonyl (C=O) groups is 1. The predicted octanol–water partition coefficient (Wildman–Crippen LogP) is 4.95. The lowest BCUT2D eigenvalue weighted by atomic mass is 9.85. The molecule has 3 aromatic rings. The molecule has 2 aliphatic carbocycles. The monoisotopic (exact) mass is 535 g/mol. The summed E-state index contributed by atoms with van der Waals surface area (Å²) in [6.07, 6.45) is 7.26. The second-order valence-corrected chi connectivity index (χ2v) is 10.5. The van der Waals surface area contributed by atoms with Gasteiger partial charge in [-0.15, -0.1) is 0 Å². The van der Waals surface area contributed by atoms with Gasteiger partial charge in [-0.1, -0.05) is 23.2 Å². The van der Waals surface area contributed by atoms with Crippen LogP contribution in [0, 0.1) is 11.7 Å². The molecule has 2 saturated carbocycles. The largest absolute Gasteiger partial charge is 0.393 e. The van der Waals surface area contributed by atoms with E-state index >= 15 is 0 Å². The van der Waals surface area contributed by atoms with E-state index in [9.17, 15) is 14.3 Å². The van der Waals surface area contributed by atoms with Crippen molar-refractivity contribution in [3.05, 3.63) is 34.2 Å². The number of nitrogens with zero attached hydrogens (tertiary/aromatic N) is 4. The summed E-state index contributed by atoms with van der Waals surface area (Å²) in [5.41, 5.74) is 6.71. The van der Waals surface area contributed by atoms with Crippen molar-refractivity contribution in [1.82, 2.24) is 19.5 Å². The third-order valence-electron chi connectivity index (χ3n) is 7.12. The maximum absolute atomic E-state index is 14.7. The van der Waals surface area contributed by atoms with Crippen LogP contribution in [-0.4, -0.2) is 42.7 Å². The van der Waals surface area contributed by atoms with Gasteiger partial charge in [0.05, 0.1) is 23.0 Å². The normalized spacial score (nSPS) is 24.6. The molecule has 1 aromatic carbocycles. The van der Waals surface area contributed by atoms with E-state index in [0.29, 0.717) is 55.2 Å². The average molecular weight is 536 g/mol. The average Bonchev–Trinajstić information content (AvgIpc) is 3.18. The van der Waals surface area contributed by atoms with Crippen LogP contribution in [0.25, 0.3) is 11.2 Å². The Bertz CT molecular complexity index is 1260. The molecule has 0 saturated heterocycles. The van der Waals surface area contributed by atoms with Gasteiger partial charge in [-0.3, -0.25) is 9.36 Å². The van der Waals surface area contributed by atoms with Crippen LogP contribution >= 0.6 is 23.2 Å². The highest BCUT2D eigenvalue weighted by atomic mass is 35.5. The van der Waals surface area contributed by atoms with E-state index in [1.807, 2.05) is 4.57 Å². The predicted molar refractivity (Wildman–Crippen MR) is 137 cm³/mol. The molecule has 5 rings (SSSR count). The lowest BCUT2D eigenvalue weighted by Gasteiger charge is -2.29. The molecule has 0 unspecified atom stereocenters. The van der Waals surface area contributed by atoms with Gasteiger partial charge in [-0.25, -0.2) is 14.4 Å². The number of hydrogen-bond acceptors (Lipinski definition) is 7. The highest BCUT2D eigenvalue weighted by Gasteiger charge is 2.30. The summed E-state index contributed by atoms with van der Waals surface area (Å²) in [5, 5.41) is 16.7. The minimum Gasteiger partial charge on any atom is -0.393 e. The van der Waals surface area contributed by atoms with Crippen molar-refractivity contribution < 1.29 is 14.3 Å². The topological polar surface area (TPSA) is 131 Å². The summed E-state index contributed by atoms with van der Waals surface area (Å²) in [4.78, 5) is 25.5. The van der Waals surface area contributed by atoms with E-state index in [4.69, 9.17) is 33.9 Å². The molecule has 0 spiro atoms. The Hall–Kier alpha value is -2.69. The van der Waals surface area contributed by atoms with Crippen LogP contribution in [-0.2, 0) is 4.79 Å². The van der Waals surface area contributed by atoms with Gasteiger partial charge in [0.15, 0.2) is 5.65 Å². The summed E-state index contributed by atoms with van der Waals surface area (Å²) >= 11 is 12.2. The zero-order chi connectivity index (χ0) is 25.4. The number of nitrogens with one attached hydrogen (secondary N) is 2. The molecule has 2 heterocycles. The molecule has 0 bridgehead atoms. The van der Waals surface area contributed by atoms with Crippen LogP contribution in [0.4, 0.5) is 22.0 Å². The number of aliphatic hydroxyl groups excluding tert-OH is 1. The van der Waals surface area contributed by atoms with Crippen molar-refractivity contribution >= 4 is 57.9 Å². The molecule has 9 nitrogen and oxygen atoms in total. The maximum Gasteiger partial charge on any atom is 0.224 e. The van der Waals surface area contributed by atoms with Crippen molar-refractivity contribution in [2.24, 2.45) is 11.7 Å². The first kappa shape index (κ1) is 25.0. The van der Waals surface area contributed by atoms with Crippen LogP contribution in [0.3, 0.4) is 0 Å². The second-order valence-electron chi connectivity index (χ2n) is 9.65. The van der Waals surface area contributed by atoms with Gasteiger partial charge >= 0.3 is 0 Å². The number of hydrogen-bond donors (Lipinski definition) is 4. The number of amides is 1. The van der Waals surface area contributed by atoms with Gasteiger partial charge < -0.3 is 21.5 Å². The molecule has 192 valence electrons. The summed E-state index contributed by atoms with van der Waals surface area (Å²) in [7, 11) is 0. The Morgan fingerprint density at radius 3 is 2.61 bits per heavy atom. The third kappa shape index (κ3) is 5.21. The van der Waals surface area contributed by atoms with E-state index < -0.39 is 5.82 Å². The van der Waals surface area contributed by atoms with E-state index in [0.717, 1.165) is 19.3 Å². The number of imidazole rings is 1. The van der Waals surface area contributed by atoms with Crippen molar-refractivity contribution in [2.75, 3.05) is 10.6 Å². The number of carbonyl (C=O) groups excluding carboxylic acids is 1. The number of anilines is 3. The lowest BCUT2D eigenvalue weighted by molar-refractivity contribution is -0.122. The standard InChI is InChI=1S/C24H28Cl2FN7O2/c25-13-8-17(26)20(18(27)9-13)32-24-31-19-11-29-23(30-14-2-1-3-16(35)10-14)33-22(19)34(24)15-6-4-12(5-7-15)21(28)36/h8-9,11-12,14-16,35H,1-7,10H2,(H2,28,36)(H,31,32)(H,29,30,33)/t12?,14-,15?,16+/m0/s1. The molecular formula is C24H28Cl2FN7O2. The summed E-state index contributed by atoms with van der Waals surface area (Å²) in [5.74, 6) is -0.250. The smallest absolute Gasteiger partial charge is 0.224 e. The summed E-state index contributed by atoms with van der Waals surface area (Å²) < 4.78 is 16.7. The quantitative estimate of drug-likeness (QED) is 0.351. The number of fused-ring (bicyclic) bond motifs is 1. The van der Waals surface area contributed by atoms with Crippen LogP contribution in [0.1, 0.15) is 57.4 Å². The zero-order valence-electron chi connectivity index (χ0n) is 19.6. The fourth-order valence-electron chi connectivity index (χ4n) is 5.26. The number of primary amides is 1. The molecule has 36 heavy (non-hydrogen) atoms. The molecule has 2 fully saturated rings. The number of benzene rings is 1. The second kappa shape index (κ2) is 10.4. The van der Waals surface area contributed by atoms with Gasteiger partial charge in [-0.05, 0) is 63.5 Å². The van der Waals surface area contributed by atoms with Crippen molar-refractivity contribution in [3.8, 4) is 0 Å². The van der Waals surface area contributed by atoms with Gasteiger partial charge in [0.25, 0.3) is 0 Å². The summed E-state index contributed by atoms with van der Waals surface area (Å²) in [6, 6.07) is 2.68. The minimum absolute atomic E-state index is 0.0403. The van der Waals surface area contributed by atoms with Gasteiger partial charge in [0.1, 0.15) is 11.3 Å². The number of aromatic nitrogens is 4. The first-order valence-corrected chi connectivity index (χ1v) is 12.9. The van der Waals surface area contributed by atoms with E-state index in [1.165, 1.54) is 12.1 Å². The van der Waals surface area contributed by atoms with Crippen LogP contribution in [0.2, 0.25) is 10.0 Å². The number of aliphatic hydroxyl groups is 1. The van der Waals surface area contributed by atoms with Gasteiger partial charge in [0.2, 0.25) is 17.8 Å². The van der Waals surface area contributed by atoms with E-state index in [-0.39, 0.29) is 45.7 Å². The van der Waals surface area contributed by atoms with Crippen LogP contribution < -0.4 is 16.4 Å². The van der Waals surface area contributed by atoms with Crippen molar-refractivity contribution in [2.45, 2.75) is 69.6 Å². The first-order chi connectivity index (χ1) is 17.3. The third-order valence-corrected chi connectivity index (χ3v) is 7.64. The zero-order valence-corrected chi connectivity index (χ0v) is 21.1. The Kier molecular flexibility index (Phi) is 7.18. The molecule has 1 amide bonds. The molecule has 2 aliphatic rings. The maximum atomic E-state index is 14.7. The fraction of sp³-hybridized carbons (Fsp3) is 0.500. The highest BCUT2D eigenvalue weighted by Crippen LogP contribution is 2.38. The highest BCUT2D eigenvalue weighted by molar-refractivity contribution is 6.36. The fourth-order valence-corrected chi connectivity index (χ4v) is 5.78. The first-order valence-electron chi connectivity index (χ1n) is 12.2. The van der Waals surface area contributed by atoms with E-state index in [1.54, 1.807) is 6.20 Å². The molecule has 5 N–H and O–H groups in total. The molecule has 0 radical (unpaired) electrons. The molecule has 0 aliphatic heterocycles. The van der Waals surface area contributed by atoms with E-state index in [2.05, 4.69) is 20.6 Å². The van der Waals surface area contributed by atoms with Crippen molar-refractivity contribution in [1.29, 1.82) is 0 Å². The Morgan fingerprint density at radius 1 is 1.14 bits per heavy atom. The molecule has 2 atom stereocenters. The molecular weight excluding hydrogens is 508 g/mol. The molecule has 12 heteroatoms.